The van der Waals surface area contributed by atoms with Gasteiger partial charge in [-0.05, 0) is 44.4 Å². The van der Waals surface area contributed by atoms with Crippen LogP contribution in [0.25, 0.3) is 0 Å². The second kappa shape index (κ2) is 2.96. The maximum Gasteiger partial charge on any atom is 0.0661 e. The topological polar surface area (TPSA) is 29.5 Å². The van der Waals surface area contributed by atoms with Gasteiger partial charge in [-0.15, -0.1) is 0 Å². The molecule has 1 N–H and O–H groups in total. The Morgan fingerprint density at radius 1 is 1.46 bits per heavy atom. The third-order valence-electron chi connectivity index (χ3n) is 3.95. The Balaban J connectivity index is 2.17. The Labute approximate surface area is 80.3 Å². The van der Waals surface area contributed by atoms with Gasteiger partial charge in [-0.3, -0.25) is 0 Å². The van der Waals surface area contributed by atoms with E-state index in [4.69, 9.17) is 4.74 Å². The van der Waals surface area contributed by atoms with Crippen molar-refractivity contribution >= 4 is 0 Å². The molecule has 0 amide bonds. The molecule has 1 saturated carbocycles. The van der Waals surface area contributed by atoms with Crippen LogP contribution >= 0.6 is 0 Å². The van der Waals surface area contributed by atoms with Crippen LogP contribution in [0.3, 0.4) is 0 Å². The van der Waals surface area contributed by atoms with E-state index in [9.17, 15) is 5.11 Å². The van der Waals surface area contributed by atoms with E-state index in [1.54, 1.807) is 0 Å². The van der Waals surface area contributed by atoms with Gasteiger partial charge in [0.15, 0.2) is 0 Å². The summed E-state index contributed by atoms with van der Waals surface area (Å²) in [6.45, 7) is 7.25. The first-order valence-electron chi connectivity index (χ1n) is 5.34. The minimum absolute atomic E-state index is 0.0514. The van der Waals surface area contributed by atoms with Crippen LogP contribution in [0.2, 0.25) is 0 Å². The lowest BCUT2D eigenvalue weighted by molar-refractivity contribution is -0.195. The maximum atomic E-state index is 9.68. The number of fused-ring (bicyclic) bond motifs is 3. The van der Waals surface area contributed by atoms with E-state index in [0.29, 0.717) is 17.8 Å². The average molecular weight is 184 g/mol. The lowest BCUT2D eigenvalue weighted by Gasteiger charge is -2.53. The SMILES string of the molecule is CC(O)C1CC2(C)C[C@@H](C)C1CO2. The van der Waals surface area contributed by atoms with Crippen molar-refractivity contribution in [3.63, 3.8) is 0 Å². The fourth-order valence-electron chi connectivity index (χ4n) is 3.22. The van der Waals surface area contributed by atoms with Crippen LogP contribution < -0.4 is 0 Å². The van der Waals surface area contributed by atoms with Gasteiger partial charge in [-0.25, -0.2) is 0 Å². The summed E-state index contributed by atoms with van der Waals surface area (Å²) >= 11 is 0. The predicted octanol–water partition coefficient (Wildman–Crippen LogP) is 1.82. The Bertz CT molecular complexity index is 202. The first kappa shape index (κ1) is 9.47. The van der Waals surface area contributed by atoms with E-state index in [1.807, 2.05) is 6.92 Å². The molecular weight excluding hydrogens is 164 g/mol. The van der Waals surface area contributed by atoms with Gasteiger partial charge in [-0.2, -0.15) is 0 Å². The first-order chi connectivity index (χ1) is 6.02. The van der Waals surface area contributed by atoms with Gasteiger partial charge < -0.3 is 9.84 Å². The molecule has 2 heterocycles. The molecule has 0 aromatic heterocycles. The number of aliphatic hydroxyl groups is 1. The zero-order valence-electron chi connectivity index (χ0n) is 8.79. The summed E-state index contributed by atoms with van der Waals surface area (Å²) in [5.74, 6) is 1.76. The smallest absolute Gasteiger partial charge is 0.0661 e. The van der Waals surface area contributed by atoms with Crippen LogP contribution in [0.15, 0.2) is 0 Å². The highest BCUT2D eigenvalue weighted by Crippen LogP contribution is 2.48. The molecule has 13 heavy (non-hydrogen) atoms. The molecule has 2 aliphatic heterocycles. The Hall–Kier alpha value is -0.0800. The lowest BCUT2D eigenvalue weighted by Crippen LogP contribution is -2.54. The van der Waals surface area contributed by atoms with Crippen LogP contribution in [0.1, 0.15) is 33.6 Å². The minimum atomic E-state index is -0.170. The third-order valence-corrected chi connectivity index (χ3v) is 3.95. The van der Waals surface area contributed by atoms with Crippen LogP contribution in [0.5, 0.6) is 0 Å². The summed E-state index contributed by atoms with van der Waals surface area (Å²) in [6, 6.07) is 0. The van der Waals surface area contributed by atoms with Gasteiger partial charge in [0.25, 0.3) is 0 Å². The third kappa shape index (κ3) is 1.50. The van der Waals surface area contributed by atoms with Gasteiger partial charge in [0, 0.05) is 0 Å². The quantitative estimate of drug-likeness (QED) is 0.673. The van der Waals surface area contributed by atoms with E-state index in [1.165, 1.54) is 6.42 Å². The maximum absolute atomic E-state index is 9.68. The van der Waals surface area contributed by atoms with Crippen LogP contribution in [0, 0.1) is 17.8 Å². The molecule has 0 radical (unpaired) electrons. The number of aliphatic hydroxyl groups excluding tert-OH is 1. The average Bonchev–Trinajstić information content (AvgIpc) is 2.02. The molecule has 0 spiro atoms. The largest absolute Gasteiger partial charge is 0.393 e. The summed E-state index contributed by atoms with van der Waals surface area (Å²) in [7, 11) is 0. The van der Waals surface area contributed by atoms with Gasteiger partial charge in [0.1, 0.15) is 0 Å². The van der Waals surface area contributed by atoms with Crippen LogP contribution in [0.4, 0.5) is 0 Å². The molecule has 3 aliphatic rings. The van der Waals surface area contributed by atoms with Crippen molar-refractivity contribution < 1.29 is 9.84 Å². The normalized spacial score (nSPS) is 52.2. The van der Waals surface area contributed by atoms with E-state index in [2.05, 4.69) is 13.8 Å². The van der Waals surface area contributed by atoms with Crippen molar-refractivity contribution in [1.29, 1.82) is 0 Å². The van der Waals surface area contributed by atoms with Crippen molar-refractivity contribution in [3.05, 3.63) is 0 Å². The van der Waals surface area contributed by atoms with Gasteiger partial charge in [0.2, 0.25) is 0 Å². The predicted molar refractivity (Wildman–Crippen MR) is 51.4 cm³/mol. The van der Waals surface area contributed by atoms with Crippen molar-refractivity contribution in [3.8, 4) is 0 Å². The Morgan fingerprint density at radius 2 is 2.15 bits per heavy atom. The Kier molecular flexibility index (Phi) is 2.16. The summed E-state index contributed by atoms with van der Waals surface area (Å²) < 4.78 is 5.80. The number of rotatable bonds is 1. The van der Waals surface area contributed by atoms with E-state index in [-0.39, 0.29) is 11.7 Å². The minimum Gasteiger partial charge on any atom is -0.393 e. The summed E-state index contributed by atoms with van der Waals surface area (Å²) in [5, 5.41) is 9.68. The molecule has 3 fully saturated rings. The molecule has 2 heteroatoms. The fourth-order valence-corrected chi connectivity index (χ4v) is 3.22. The zero-order valence-corrected chi connectivity index (χ0v) is 8.79. The van der Waals surface area contributed by atoms with Gasteiger partial charge >= 0.3 is 0 Å². The summed E-state index contributed by atoms with van der Waals surface area (Å²) in [4.78, 5) is 0. The highest BCUT2D eigenvalue weighted by Gasteiger charge is 2.48. The molecule has 2 nitrogen and oxygen atoms in total. The van der Waals surface area contributed by atoms with E-state index >= 15 is 0 Å². The molecule has 3 rings (SSSR count). The van der Waals surface area contributed by atoms with Crippen molar-refractivity contribution in [2.75, 3.05) is 6.61 Å². The van der Waals surface area contributed by atoms with E-state index in [0.717, 1.165) is 13.0 Å². The van der Waals surface area contributed by atoms with Gasteiger partial charge in [-0.1, -0.05) is 6.92 Å². The molecule has 5 atom stereocenters. The standard InChI is InChI=1S/C11H20O2/c1-7-4-11(3)5-9(8(2)12)10(7)6-13-11/h7-10,12H,4-6H2,1-3H3/t7-,8?,9?,10?,11?/m1/s1. The van der Waals surface area contributed by atoms with E-state index < -0.39 is 0 Å². The summed E-state index contributed by atoms with van der Waals surface area (Å²) in [5.41, 5.74) is 0.0514. The first-order valence-corrected chi connectivity index (χ1v) is 5.34. The number of hydrogen-bond acceptors (Lipinski definition) is 2. The molecule has 1 aliphatic carbocycles. The molecule has 0 aromatic rings. The van der Waals surface area contributed by atoms with Crippen molar-refractivity contribution in [1.82, 2.24) is 0 Å². The second-order valence-corrected chi connectivity index (χ2v) is 5.21. The monoisotopic (exact) mass is 184 g/mol. The second-order valence-electron chi connectivity index (χ2n) is 5.21. The lowest BCUT2D eigenvalue weighted by atomic mass is 9.63. The fraction of sp³-hybridized carbons (Fsp3) is 1.00. The van der Waals surface area contributed by atoms with Crippen LogP contribution in [-0.4, -0.2) is 23.4 Å². The van der Waals surface area contributed by atoms with Crippen LogP contribution in [-0.2, 0) is 4.74 Å². The molecule has 4 unspecified atom stereocenters. The Morgan fingerprint density at radius 3 is 2.62 bits per heavy atom. The zero-order chi connectivity index (χ0) is 9.64. The highest BCUT2D eigenvalue weighted by molar-refractivity contribution is 4.98. The molecular formula is C11H20O2. The molecule has 2 saturated heterocycles. The number of ether oxygens (including phenoxy) is 1. The summed E-state index contributed by atoms with van der Waals surface area (Å²) in [6.07, 6.45) is 2.04. The molecule has 76 valence electrons. The molecule has 0 aromatic carbocycles. The van der Waals surface area contributed by atoms with Crippen molar-refractivity contribution in [2.45, 2.75) is 45.3 Å². The number of hydrogen-bond donors (Lipinski definition) is 1. The molecule has 2 bridgehead atoms. The highest BCUT2D eigenvalue weighted by atomic mass is 16.5. The van der Waals surface area contributed by atoms with Crippen molar-refractivity contribution in [2.24, 2.45) is 17.8 Å². The van der Waals surface area contributed by atoms with Gasteiger partial charge in [0.05, 0.1) is 18.3 Å².